The highest BCUT2D eigenvalue weighted by atomic mass is 28.3. The monoisotopic (exact) mass is 314 g/mol. The first-order valence-electron chi connectivity index (χ1n) is 8.52. The van der Waals surface area contributed by atoms with Gasteiger partial charge in [-0.3, -0.25) is 4.79 Å². The lowest BCUT2D eigenvalue weighted by Gasteiger charge is -2.38. The van der Waals surface area contributed by atoms with Gasteiger partial charge in [-0.15, -0.1) is 0 Å². The number of hydrogen-bond donors (Lipinski definition) is 0. The summed E-state index contributed by atoms with van der Waals surface area (Å²) >= 11 is 0. The van der Waals surface area contributed by atoms with E-state index in [-0.39, 0.29) is 17.3 Å². The molecule has 0 aliphatic heterocycles. The van der Waals surface area contributed by atoms with Gasteiger partial charge in [-0.25, -0.2) is 9.78 Å². The molecule has 0 spiro atoms. The predicted octanol–water partition coefficient (Wildman–Crippen LogP) is 4.98. The van der Waals surface area contributed by atoms with E-state index in [2.05, 4.69) is 20.8 Å². The maximum absolute atomic E-state index is 12.8. The number of hydrogen-bond acceptors (Lipinski definition) is 3. The molecule has 0 heterocycles. The average molecular weight is 315 g/mol. The zero-order valence-electron chi connectivity index (χ0n) is 15.0. The van der Waals surface area contributed by atoms with E-state index in [1.807, 2.05) is 27.7 Å². The number of carbonyl (C=O) groups excluding carboxylic acids is 1. The van der Waals surface area contributed by atoms with Crippen LogP contribution in [0.3, 0.4) is 0 Å². The Morgan fingerprint density at radius 2 is 1.48 bits per heavy atom. The van der Waals surface area contributed by atoms with Crippen LogP contribution in [0.25, 0.3) is 0 Å². The van der Waals surface area contributed by atoms with E-state index in [1.165, 1.54) is 18.1 Å². The van der Waals surface area contributed by atoms with Crippen molar-refractivity contribution in [3.63, 3.8) is 0 Å². The van der Waals surface area contributed by atoms with Gasteiger partial charge in [-0.05, 0) is 46.6 Å². The molecule has 1 saturated carbocycles. The molecule has 0 bridgehead atoms. The second-order valence-electron chi connectivity index (χ2n) is 7.89. The van der Waals surface area contributed by atoms with Crippen LogP contribution in [0, 0.1) is 5.92 Å². The van der Waals surface area contributed by atoms with Crippen LogP contribution in [0.1, 0.15) is 61.3 Å². The van der Waals surface area contributed by atoms with Crippen molar-refractivity contribution < 1.29 is 14.6 Å². The summed E-state index contributed by atoms with van der Waals surface area (Å²) in [5.41, 5.74) is -1.15. The maximum Gasteiger partial charge on any atom is 0.170 e. The first-order valence-corrected chi connectivity index (χ1v) is 11.4. The molecule has 1 unspecified atom stereocenters. The lowest BCUT2D eigenvalue weighted by molar-refractivity contribution is -0.387. The van der Waals surface area contributed by atoms with Gasteiger partial charge < -0.3 is 0 Å². The summed E-state index contributed by atoms with van der Waals surface area (Å²) in [6.07, 6.45) is 2.04. The molecule has 0 aromatic heterocycles. The molecule has 0 aromatic rings. The molecular formula is C17H34O3Si. The Kier molecular flexibility index (Phi) is 6.22. The Morgan fingerprint density at radius 1 is 1.00 bits per heavy atom. The standard InChI is InChI=1S/C17H34O3Si/c1-8-21(9-2,10-3)13-17(7,15(18)14-11-12-14)20-19-16(4,5)6/h14H,8-13H2,1-7H3. The fourth-order valence-electron chi connectivity index (χ4n) is 2.99. The van der Waals surface area contributed by atoms with E-state index in [1.54, 1.807) is 0 Å². The molecule has 1 aliphatic rings. The quantitative estimate of drug-likeness (QED) is 0.342. The summed E-state index contributed by atoms with van der Waals surface area (Å²) in [5, 5.41) is 0. The van der Waals surface area contributed by atoms with Gasteiger partial charge in [-0.2, -0.15) is 0 Å². The van der Waals surface area contributed by atoms with Crippen LogP contribution < -0.4 is 0 Å². The zero-order chi connectivity index (χ0) is 16.3. The SMILES string of the molecule is CC[Si](CC)(CC)CC(C)(OOC(C)(C)C)C(=O)C1CC1. The molecule has 0 amide bonds. The summed E-state index contributed by atoms with van der Waals surface area (Å²) < 4.78 is 0. The van der Waals surface area contributed by atoms with E-state index in [0.717, 1.165) is 18.9 Å². The van der Waals surface area contributed by atoms with Gasteiger partial charge in [0, 0.05) is 5.92 Å². The number of rotatable bonds is 9. The highest BCUT2D eigenvalue weighted by Gasteiger charge is 2.49. The van der Waals surface area contributed by atoms with Gasteiger partial charge in [0.15, 0.2) is 11.4 Å². The molecule has 21 heavy (non-hydrogen) atoms. The first kappa shape index (κ1) is 18.9. The Balaban J connectivity index is 2.92. The van der Waals surface area contributed by atoms with Gasteiger partial charge in [0.05, 0.1) is 13.7 Å². The molecule has 0 saturated heterocycles. The van der Waals surface area contributed by atoms with Gasteiger partial charge in [0.2, 0.25) is 0 Å². The third-order valence-electron chi connectivity index (χ3n) is 4.91. The maximum atomic E-state index is 12.8. The second kappa shape index (κ2) is 6.92. The molecule has 1 fully saturated rings. The van der Waals surface area contributed by atoms with Crippen molar-refractivity contribution >= 4 is 13.9 Å². The van der Waals surface area contributed by atoms with Crippen LogP contribution in [0.15, 0.2) is 0 Å². The highest BCUT2D eigenvalue weighted by molar-refractivity contribution is 6.80. The molecule has 1 atom stereocenters. The fourth-order valence-corrected chi connectivity index (χ4v) is 6.91. The normalized spacial score (nSPS) is 19.4. The number of Topliss-reactive ketones (excluding diaryl/α,β-unsaturated/α-hetero) is 1. The minimum Gasteiger partial charge on any atom is -0.296 e. The van der Waals surface area contributed by atoms with Crippen molar-refractivity contribution in [2.75, 3.05) is 0 Å². The van der Waals surface area contributed by atoms with Gasteiger partial charge in [0.25, 0.3) is 0 Å². The minimum absolute atomic E-state index is 0.204. The Labute approximate surface area is 131 Å². The molecular weight excluding hydrogens is 280 g/mol. The molecule has 124 valence electrons. The van der Waals surface area contributed by atoms with Crippen LogP contribution in [-0.4, -0.2) is 25.1 Å². The topological polar surface area (TPSA) is 35.5 Å². The van der Waals surface area contributed by atoms with Crippen LogP contribution >= 0.6 is 0 Å². The molecule has 0 radical (unpaired) electrons. The summed E-state index contributed by atoms with van der Waals surface area (Å²) in [6, 6.07) is 4.49. The summed E-state index contributed by atoms with van der Waals surface area (Å²) in [7, 11) is -1.46. The number of carbonyl (C=O) groups is 1. The summed E-state index contributed by atoms with van der Waals surface area (Å²) in [6.45, 7) is 14.6. The molecule has 1 aliphatic carbocycles. The van der Waals surface area contributed by atoms with Crippen molar-refractivity contribution in [1.29, 1.82) is 0 Å². The van der Waals surface area contributed by atoms with Crippen molar-refractivity contribution in [2.45, 2.75) is 96.7 Å². The minimum atomic E-state index is -1.46. The fraction of sp³-hybridized carbons (Fsp3) is 0.941. The molecule has 1 rings (SSSR count). The predicted molar refractivity (Wildman–Crippen MR) is 90.1 cm³/mol. The van der Waals surface area contributed by atoms with E-state index < -0.39 is 13.7 Å². The second-order valence-corrected chi connectivity index (χ2v) is 13.4. The third-order valence-corrected chi connectivity index (χ3v) is 10.8. The van der Waals surface area contributed by atoms with Crippen molar-refractivity contribution in [3.8, 4) is 0 Å². The van der Waals surface area contributed by atoms with Gasteiger partial charge >= 0.3 is 0 Å². The smallest absolute Gasteiger partial charge is 0.170 e. The lowest BCUT2D eigenvalue weighted by Crippen LogP contribution is -2.49. The first-order chi connectivity index (χ1) is 9.61. The Hall–Kier alpha value is -0.193. The Bertz CT molecular complexity index is 345. The molecule has 4 heteroatoms. The van der Waals surface area contributed by atoms with E-state index in [4.69, 9.17) is 9.78 Å². The highest BCUT2D eigenvalue weighted by Crippen LogP contribution is 2.41. The van der Waals surface area contributed by atoms with E-state index in [0.29, 0.717) is 0 Å². The molecule has 0 aromatic carbocycles. The largest absolute Gasteiger partial charge is 0.296 e. The lowest BCUT2D eigenvalue weighted by atomic mass is 10.00. The van der Waals surface area contributed by atoms with Crippen molar-refractivity contribution in [2.24, 2.45) is 5.92 Å². The van der Waals surface area contributed by atoms with E-state index in [9.17, 15) is 4.79 Å². The summed E-state index contributed by atoms with van der Waals surface area (Å²) in [4.78, 5) is 24.2. The van der Waals surface area contributed by atoms with Gasteiger partial charge in [0.1, 0.15) is 0 Å². The third kappa shape index (κ3) is 5.18. The molecule has 0 N–H and O–H groups in total. The average Bonchev–Trinajstić information content (AvgIpc) is 3.26. The van der Waals surface area contributed by atoms with Crippen molar-refractivity contribution in [3.05, 3.63) is 0 Å². The van der Waals surface area contributed by atoms with Crippen molar-refractivity contribution in [1.82, 2.24) is 0 Å². The zero-order valence-corrected chi connectivity index (χ0v) is 16.0. The van der Waals surface area contributed by atoms with Crippen LogP contribution in [0.4, 0.5) is 0 Å². The van der Waals surface area contributed by atoms with E-state index >= 15 is 0 Å². The van der Waals surface area contributed by atoms with Crippen LogP contribution in [-0.2, 0) is 14.6 Å². The van der Waals surface area contributed by atoms with Gasteiger partial charge in [-0.1, -0.05) is 38.9 Å². The Morgan fingerprint density at radius 3 is 1.81 bits per heavy atom. The van der Waals surface area contributed by atoms with Crippen LogP contribution in [0.5, 0.6) is 0 Å². The number of ketones is 1. The molecule has 3 nitrogen and oxygen atoms in total. The summed E-state index contributed by atoms with van der Waals surface area (Å²) in [5.74, 6) is 0.467. The van der Waals surface area contributed by atoms with Crippen LogP contribution in [0.2, 0.25) is 24.2 Å².